The summed E-state index contributed by atoms with van der Waals surface area (Å²) < 4.78 is 0. The van der Waals surface area contributed by atoms with Crippen molar-refractivity contribution in [3.05, 3.63) is 153 Å². The van der Waals surface area contributed by atoms with Crippen LogP contribution in [0.5, 0.6) is 0 Å². The van der Waals surface area contributed by atoms with Crippen LogP contribution in [0.2, 0.25) is 0 Å². The van der Waals surface area contributed by atoms with E-state index in [-0.39, 0.29) is 29.5 Å². The number of hydrogen-bond donors (Lipinski definition) is 2. The fourth-order valence-corrected chi connectivity index (χ4v) is 7.54. The molecule has 0 aliphatic heterocycles. The van der Waals surface area contributed by atoms with Crippen LogP contribution in [0.4, 0.5) is 0 Å². The molecule has 0 amide bonds. The highest BCUT2D eigenvalue weighted by atomic mass is 16.3. The van der Waals surface area contributed by atoms with Gasteiger partial charge in [-0.15, -0.1) is 0 Å². The van der Waals surface area contributed by atoms with E-state index in [0.29, 0.717) is 5.57 Å². The molecule has 2 rings (SSSR count). The Bertz CT molecular complexity index is 1610. The van der Waals surface area contributed by atoms with Crippen LogP contribution < -0.4 is 0 Å². The lowest BCUT2D eigenvalue weighted by Crippen LogP contribution is -2.41. The van der Waals surface area contributed by atoms with E-state index in [1.807, 2.05) is 0 Å². The third-order valence-electron chi connectivity index (χ3n) is 11.4. The molecule has 52 heavy (non-hydrogen) atoms. The summed E-state index contributed by atoms with van der Waals surface area (Å²) >= 11 is 0. The Labute approximate surface area is 319 Å². The van der Waals surface area contributed by atoms with Gasteiger partial charge in [0.2, 0.25) is 0 Å². The van der Waals surface area contributed by atoms with Gasteiger partial charge in [0, 0.05) is 0 Å². The maximum absolute atomic E-state index is 9.71. The van der Waals surface area contributed by atoms with Gasteiger partial charge in [0.25, 0.3) is 0 Å². The first-order valence-electron chi connectivity index (χ1n) is 19.5. The Kier molecular flexibility index (Phi) is 18.3. The molecular formula is C50H72O2. The van der Waals surface area contributed by atoms with Crippen LogP contribution in [-0.4, -0.2) is 23.4 Å². The second-order valence-corrected chi connectivity index (χ2v) is 16.8. The first kappa shape index (κ1) is 44.7. The van der Waals surface area contributed by atoms with E-state index >= 15 is 0 Å². The summed E-state index contributed by atoms with van der Waals surface area (Å²) in [6, 6.07) is 0. The van der Waals surface area contributed by atoms with E-state index in [1.54, 1.807) is 0 Å². The molecule has 0 spiro atoms. The van der Waals surface area contributed by atoms with Crippen molar-refractivity contribution >= 4 is 0 Å². The second-order valence-electron chi connectivity index (χ2n) is 16.8. The topological polar surface area (TPSA) is 40.5 Å². The highest BCUT2D eigenvalue weighted by Gasteiger charge is 2.47. The van der Waals surface area contributed by atoms with Gasteiger partial charge in [-0.05, 0) is 133 Å². The second kappa shape index (κ2) is 21.3. The van der Waals surface area contributed by atoms with E-state index in [2.05, 4.69) is 180 Å². The standard InChI is InChI=1S/C50H72O2/c1-38(2)29-33-50(35-31-45(36-51)37-52)34-30-44(8)47(49(50,11)12)28-26-42(6)23-16-21-40(4)19-14-13-18-39(3)20-15-22-41(5)25-27-46-43(7)24-17-32-48(46,9)10/h13-16,18-23,25-29,31,51-52H,17,24,30,32-37H2,1-12H3/b14-13+,20-15+,21-16+,27-25+,28-26+,39-18+,40-19+,41-22+,42-23+. The van der Waals surface area contributed by atoms with Gasteiger partial charge >= 0.3 is 0 Å². The van der Waals surface area contributed by atoms with Gasteiger partial charge in [-0.1, -0.05) is 164 Å². The summed E-state index contributed by atoms with van der Waals surface area (Å²) in [5, 5.41) is 19.4. The van der Waals surface area contributed by atoms with E-state index < -0.39 is 0 Å². The quantitative estimate of drug-likeness (QED) is 0.124. The maximum atomic E-state index is 9.71. The van der Waals surface area contributed by atoms with Crippen molar-refractivity contribution in [2.24, 2.45) is 16.2 Å². The van der Waals surface area contributed by atoms with Gasteiger partial charge < -0.3 is 10.2 Å². The minimum atomic E-state index is -0.0952. The van der Waals surface area contributed by atoms with Crippen molar-refractivity contribution in [2.45, 2.75) is 128 Å². The molecule has 284 valence electrons. The largest absolute Gasteiger partial charge is 0.392 e. The lowest BCUT2D eigenvalue weighted by atomic mass is 9.52. The third-order valence-corrected chi connectivity index (χ3v) is 11.4. The summed E-state index contributed by atoms with van der Waals surface area (Å²) in [4.78, 5) is 0. The van der Waals surface area contributed by atoms with Gasteiger partial charge in [0.05, 0.1) is 13.2 Å². The summed E-state index contributed by atoms with van der Waals surface area (Å²) in [5.74, 6) is 0. The fraction of sp³-hybridized carbons (Fsp3) is 0.480. The Hall–Kier alpha value is -3.46. The Balaban J connectivity index is 2.07. The lowest BCUT2D eigenvalue weighted by Gasteiger charge is -2.51. The van der Waals surface area contributed by atoms with Crippen LogP contribution >= 0.6 is 0 Å². The average Bonchev–Trinajstić information content (AvgIpc) is 3.06. The molecule has 0 aromatic heterocycles. The zero-order valence-corrected chi connectivity index (χ0v) is 35.0. The van der Waals surface area contributed by atoms with Crippen molar-refractivity contribution in [3.8, 4) is 0 Å². The van der Waals surface area contributed by atoms with Crippen molar-refractivity contribution < 1.29 is 10.2 Å². The monoisotopic (exact) mass is 705 g/mol. The Morgan fingerprint density at radius 3 is 1.54 bits per heavy atom. The molecule has 1 unspecified atom stereocenters. The first-order chi connectivity index (χ1) is 24.5. The van der Waals surface area contributed by atoms with Crippen molar-refractivity contribution in [2.75, 3.05) is 13.2 Å². The molecule has 0 radical (unpaired) electrons. The maximum Gasteiger partial charge on any atom is 0.0663 e. The normalized spacial score (nSPS) is 22.3. The van der Waals surface area contributed by atoms with Crippen molar-refractivity contribution in [3.63, 3.8) is 0 Å². The minimum Gasteiger partial charge on any atom is -0.392 e. The molecule has 1 atom stereocenters. The molecule has 0 saturated carbocycles. The Morgan fingerprint density at radius 1 is 0.577 bits per heavy atom. The number of aliphatic hydroxyl groups is 2. The minimum absolute atomic E-state index is 0.00695. The summed E-state index contributed by atoms with van der Waals surface area (Å²) in [6.07, 6.45) is 42.7. The number of aliphatic hydroxyl groups excluding tert-OH is 2. The highest BCUT2D eigenvalue weighted by molar-refractivity contribution is 5.41. The SMILES string of the molecule is CC(C)=CCC1(CC=C(CO)CO)CCC(C)=C(/C=C/C(C)=C/C=C/C(C)=C/C=C/C=C(C)/C=C/C=C(C)/C=C/C2=C(C)CCCC2(C)C)C1(C)C. The van der Waals surface area contributed by atoms with Crippen LogP contribution in [-0.2, 0) is 0 Å². The van der Waals surface area contributed by atoms with Crippen LogP contribution in [0.25, 0.3) is 0 Å². The molecule has 0 aromatic carbocycles. The van der Waals surface area contributed by atoms with E-state index in [0.717, 1.165) is 25.7 Å². The van der Waals surface area contributed by atoms with Gasteiger partial charge in [-0.2, -0.15) is 0 Å². The summed E-state index contributed by atoms with van der Waals surface area (Å²) in [6.45, 7) is 26.8. The van der Waals surface area contributed by atoms with Crippen molar-refractivity contribution in [1.29, 1.82) is 0 Å². The third kappa shape index (κ3) is 13.8. The number of rotatable bonds is 16. The molecule has 0 aromatic rings. The van der Waals surface area contributed by atoms with E-state index in [9.17, 15) is 10.2 Å². The fourth-order valence-electron chi connectivity index (χ4n) is 7.54. The van der Waals surface area contributed by atoms with Gasteiger partial charge in [-0.3, -0.25) is 0 Å². The van der Waals surface area contributed by atoms with Gasteiger partial charge in [0.15, 0.2) is 0 Å². The summed E-state index contributed by atoms with van der Waals surface area (Å²) in [5.41, 5.74) is 13.0. The predicted molar refractivity (Wildman–Crippen MR) is 230 cm³/mol. The van der Waals surface area contributed by atoms with E-state index in [1.165, 1.54) is 69.4 Å². The molecule has 0 heterocycles. The molecule has 2 aliphatic rings. The van der Waals surface area contributed by atoms with Crippen LogP contribution in [0.3, 0.4) is 0 Å². The number of hydrogen-bond acceptors (Lipinski definition) is 2. The molecule has 0 bridgehead atoms. The Morgan fingerprint density at radius 2 is 1.04 bits per heavy atom. The zero-order chi connectivity index (χ0) is 39.0. The molecule has 0 saturated heterocycles. The molecule has 2 N–H and O–H groups in total. The highest BCUT2D eigenvalue weighted by Crippen LogP contribution is 2.58. The zero-order valence-electron chi connectivity index (χ0n) is 35.0. The van der Waals surface area contributed by atoms with Crippen LogP contribution in [0.1, 0.15) is 128 Å². The van der Waals surface area contributed by atoms with Crippen molar-refractivity contribution in [1.82, 2.24) is 0 Å². The summed E-state index contributed by atoms with van der Waals surface area (Å²) in [7, 11) is 0. The van der Waals surface area contributed by atoms with Gasteiger partial charge in [-0.25, -0.2) is 0 Å². The molecule has 0 fully saturated rings. The molecular weight excluding hydrogens is 633 g/mol. The van der Waals surface area contributed by atoms with Crippen LogP contribution in [0, 0.1) is 16.2 Å². The van der Waals surface area contributed by atoms with Crippen LogP contribution in [0.15, 0.2) is 153 Å². The lowest BCUT2D eigenvalue weighted by molar-refractivity contribution is 0.0861. The molecule has 2 aliphatic carbocycles. The molecule has 2 heteroatoms. The number of allylic oxidation sites excluding steroid dienone is 25. The van der Waals surface area contributed by atoms with Gasteiger partial charge in [0.1, 0.15) is 0 Å². The average molecular weight is 705 g/mol. The van der Waals surface area contributed by atoms with E-state index in [4.69, 9.17) is 0 Å². The smallest absolute Gasteiger partial charge is 0.0663 e. The molecule has 2 nitrogen and oxygen atoms in total. The first-order valence-corrected chi connectivity index (χ1v) is 19.5. The predicted octanol–water partition coefficient (Wildman–Crippen LogP) is 13.9.